The maximum Gasteiger partial charge on any atom is 0.00818 e. The normalized spacial score (nSPS) is 13.1. The zero-order valence-corrected chi connectivity index (χ0v) is 16.7. The molecule has 0 aliphatic carbocycles. The Morgan fingerprint density at radius 3 is 1.08 bits per heavy atom. The van der Waals surface area contributed by atoms with Gasteiger partial charge in [-0.3, -0.25) is 0 Å². The first-order valence-corrected chi connectivity index (χ1v) is 10.1. The Morgan fingerprint density at radius 2 is 0.800 bits per heavy atom. The van der Waals surface area contributed by atoms with Crippen LogP contribution in [0.25, 0.3) is 0 Å². The van der Waals surface area contributed by atoms with E-state index in [1.54, 1.807) is 0 Å². The van der Waals surface area contributed by atoms with Gasteiger partial charge in [0.25, 0.3) is 0 Å². The Bertz CT molecular complexity index is 368. The molecule has 0 N–H and O–H groups in total. The summed E-state index contributed by atoms with van der Waals surface area (Å²) < 4.78 is 0. The van der Waals surface area contributed by atoms with E-state index in [2.05, 4.69) is 99.0 Å². The number of hydrogen-bond donors (Lipinski definition) is 0. The van der Waals surface area contributed by atoms with Crippen LogP contribution in [-0.4, -0.2) is 4.90 Å². The number of hydrogen-bond acceptors (Lipinski definition) is 1. The molecule has 0 aromatic carbocycles. The van der Waals surface area contributed by atoms with E-state index in [0.29, 0.717) is 0 Å². The van der Waals surface area contributed by atoms with E-state index in [1.807, 2.05) is 0 Å². The zero-order valence-electron chi connectivity index (χ0n) is 16.7. The third-order valence-electron chi connectivity index (χ3n) is 3.69. The topological polar surface area (TPSA) is 3.24 Å². The summed E-state index contributed by atoms with van der Waals surface area (Å²) in [4.78, 5) is 2.10. The van der Waals surface area contributed by atoms with Gasteiger partial charge in [0.1, 0.15) is 0 Å². The van der Waals surface area contributed by atoms with Gasteiger partial charge in [-0.1, -0.05) is 95.8 Å². The van der Waals surface area contributed by atoms with E-state index in [9.17, 15) is 0 Å². The Labute approximate surface area is 157 Å². The van der Waals surface area contributed by atoms with Crippen molar-refractivity contribution in [1.82, 2.24) is 4.90 Å². The van der Waals surface area contributed by atoms with Gasteiger partial charge in [-0.15, -0.1) is 0 Å². The molecule has 0 rings (SSSR count). The standard InChI is InChI=1S/C24H39N/c1-4-7-10-13-16-19-22-25(23-20-17-14-11-8-5-2)24-21-18-15-12-9-6-3/h13-24H,4-12H2,1-3H3. The highest BCUT2D eigenvalue weighted by Gasteiger charge is 1.85. The van der Waals surface area contributed by atoms with Crippen molar-refractivity contribution in [2.75, 3.05) is 0 Å². The molecule has 0 unspecified atom stereocenters. The molecule has 1 nitrogen and oxygen atoms in total. The van der Waals surface area contributed by atoms with Crippen LogP contribution in [0.15, 0.2) is 73.3 Å². The Hall–Kier alpha value is -1.76. The van der Waals surface area contributed by atoms with Crippen LogP contribution in [0.3, 0.4) is 0 Å². The van der Waals surface area contributed by atoms with E-state index in [0.717, 1.165) is 19.3 Å². The van der Waals surface area contributed by atoms with Crippen LogP contribution in [0.4, 0.5) is 0 Å². The molecule has 0 aliphatic rings. The molecule has 0 radical (unpaired) electrons. The second kappa shape index (κ2) is 20.3. The van der Waals surface area contributed by atoms with Crippen molar-refractivity contribution < 1.29 is 0 Å². The summed E-state index contributed by atoms with van der Waals surface area (Å²) in [7, 11) is 0. The minimum absolute atomic E-state index is 1.16. The fraction of sp³-hybridized carbons (Fsp3) is 0.500. The van der Waals surface area contributed by atoms with E-state index < -0.39 is 0 Å². The summed E-state index contributed by atoms with van der Waals surface area (Å²) in [6.07, 6.45) is 36.7. The molecule has 1 heteroatoms. The van der Waals surface area contributed by atoms with Gasteiger partial charge in [0, 0.05) is 18.6 Å². The second-order valence-electron chi connectivity index (χ2n) is 6.18. The van der Waals surface area contributed by atoms with Crippen molar-refractivity contribution in [2.24, 2.45) is 0 Å². The predicted molar refractivity (Wildman–Crippen MR) is 115 cm³/mol. The van der Waals surface area contributed by atoms with Crippen molar-refractivity contribution in [3.63, 3.8) is 0 Å². The highest BCUT2D eigenvalue weighted by Crippen LogP contribution is 2.00. The van der Waals surface area contributed by atoms with Crippen LogP contribution in [-0.2, 0) is 0 Å². The van der Waals surface area contributed by atoms with Crippen molar-refractivity contribution in [3.05, 3.63) is 73.3 Å². The first-order chi connectivity index (χ1) is 12.3. The van der Waals surface area contributed by atoms with Crippen LogP contribution in [0.1, 0.15) is 78.6 Å². The van der Waals surface area contributed by atoms with Gasteiger partial charge in [0.2, 0.25) is 0 Å². The molecule has 0 saturated heterocycles. The lowest BCUT2D eigenvalue weighted by Gasteiger charge is -2.07. The monoisotopic (exact) mass is 341 g/mol. The van der Waals surface area contributed by atoms with Gasteiger partial charge >= 0.3 is 0 Å². The number of rotatable bonds is 15. The minimum Gasteiger partial charge on any atom is -0.331 e. The van der Waals surface area contributed by atoms with Gasteiger partial charge in [-0.2, -0.15) is 0 Å². The fourth-order valence-electron chi connectivity index (χ4n) is 2.09. The summed E-state index contributed by atoms with van der Waals surface area (Å²) in [5.74, 6) is 0. The van der Waals surface area contributed by atoms with E-state index in [1.165, 1.54) is 38.5 Å². The van der Waals surface area contributed by atoms with Crippen LogP contribution in [0.2, 0.25) is 0 Å². The Balaban J connectivity index is 4.52. The zero-order chi connectivity index (χ0) is 18.4. The highest BCUT2D eigenvalue weighted by atomic mass is 15.1. The lowest BCUT2D eigenvalue weighted by atomic mass is 10.2. The van der Waals surface area contributed by atoms with Crippen molar-refractivity contribution >= 4 is 0 Å². The first-order valence-electron chi connectivity index (χ1n) is 10.1. The third-order valence-corrected chi connectivity index (χ3v) is 3.69. The molecule has 0 spiro atoms. The predicted octanol–water partition coefficient (Wildman–Crippen LogP) is 8.07. The molecule has 0 heterocycles. The SMILES string of the molecule is CCCCC=CC=CN(C=CC=CCCCC)C=CC=CCCCC. The van der Waals surface area contributed by atoms with Crippen molar-refractivity contribution in [1.29, 1.82) is 0 Å². The fourth-order valence-corrected chi connectivity index (χ4v) is 2.09. The van der Waals surface area contributed by atoms with Crippen molar-refractivity contribution in [3.8, 4) is 0 Å². The molecule has 0 aliphatic heterocycles. The maximum absolute atomic E-state index is 2.24. The molecule has 0 bridgehead atoms. The number of allylic oxidation sites excluding steroid dienone is 9. The van der Waals surface area contributed by atoms with Gasteiger partial charge in [0.05, 0.1) is 0 Å². The van der Waals surface area contributed by atoms with E-state index in [-0.39, 0.29) is 0 Å². The number of unbranched alkanes of at least 4 members (excludes halogenated alkanes) is 6. The number of nitrogens with zero attached hydrogens (tertiary/aromatic N) is 1. The van der Waals surface area contributed by atoms with Crippen molar-refractivity contribution in [2.45, 2.75) is 78.6 Å². The summed E-state index contributed by atoms with van der Waals surface area (Å²) in [5, 5.41) is 0. The molecule has 0 atom stereocenters. The van der Waals surface area contributed by atoms with Crippen LogP contribution in [0, 0.1) is 0 Å². The highest BCUT2D eigenvalue weighted by molar-refractivity contribution is 5.12. The molecule has 0 aromatic heterocycles. The van der Waals surface area contributed by atoms with Crippen LogP contribution in [0.5, 0.6) is 0 Å². The first kappa shape index (κ1) is 23.2. The Kier molecular flexibility index (Phi) is 18.9. The summed E-state index contributed by atoms with van der Waals surface area (Å²) in [6, 6.07) is 0. The van der Waals surface area contributed by atoms with Gasteiger partial charge < -0.3 is 4.90 Å². The van der Waals surface area contributed by atoms with Crippen LogP contribution >= 0.6 is 0 Å². The molecule has 140 valence electrons. The molecule has 0 aromatic rings. The summed E-state index contributed by atoms with van der Waals surface area (Å²) in [5.41, 5.74) is 0. The lowest BCUT2D eigenvalue weighted by molar-refractivity contribution is 0.692. The molecule has 25 heavy (non-hydrogen) atoms. The summed E-state index contributed by atoms with van der Waals surface area (Å²) >= 11 is 0. The van der Waals surface area contributed by atoms with Crippen LogP contribution < -0.4 is 0 Å². The molecule has 0 saturated carbocycles. The minimum atomic E-state index is 1.16. The molecular formula is C24H39N. The van der Waals surface area contributed by atoms with E-state index in [4.69, 9.17) is 0 Å². The maximum atomic E-state index is 2.24. The lowest BCUT2D eigenvalue weighted by Crippen LogP contribution is -1.97. The van der Waals surface area contributed by atoms with Gasteiger partial charge in [-0.25, -0.2) is 0 Å². The summed E-state index contributed by atoms with van der Waals surface area (Å²) in [6.45, 7) is 6.68. The third kappa shape index (κ3) is 18.4. The molecule has 0 fully saturated rings. The average molecular weight is 342 g/mol. The molecule has 0 amide bonds. The van der Waals surface area contributed by atoms with Gasteiger partial charge in [0.15, 0.2) is 0 Å². The quantitative estimate of drug-likeness (QED) is 0.215. The largest absolute Gasteiger partial charge is 0.331 e. The smallest absolute Gasteiger partial charge is 0.00818 e. The Morgan fingerprint density at radius 1 is 0.480 bits per heavy atom. The van der Waals surface area contributed by atoms with Gasteiger partial charge in [-0.05, 0) is 37.5 Å². The average Bonchev–Trinajstić information content (AvgIpc) is 2.63. The molecular weight excluding hydrogens is 302 g/mol. The second-order valence-corrected chi connectivity index (χ2v) is 6.18. The van der Waals surface area contributed by atoms with E-state index >= 15 is 0 Å².